The zero-order valence-corrected chi connectivity index (χ0v) is 22.4. The van der Waals surface area contributed by atoms with Gasteiger partial charge < -0.3 is 20.1 Å². The van der Waals surface area contributed by atoms with Crippen LogP contribution in [0, 0.1) is 13.8 Å². The van der Waals surface area contributed by atoms with Crippen LogP contribution in [0.1, 0.15) is 65.9 Å². The molecule has 7 nitrogen and oxygen atoms in total. The fraction of sp³-hybridized carbons (Fsp3) is 0.433. The molecular formula is C30H37N5O2. The SMILES string of the molecule is Cc1cc(C)c(CNC(=O)c2cc(-c3ccc(N4CCCCC4)nc3)cc3c2CCN3C(C)C)c(=O)[nH]1. The molecule has 1 amide bonds. The molecule has 3 aromatic rings. The van der Waals surface area contributed by atoms with Gasteiger partial charge in [-0.15, -0.1) is 0 Å². The number of H-pyrrole nitrogens is 1. The molecule has 2 aliphatic heterocycles. The van der Waals surface area contributed by atoms with Gasteiger partial charge in [0.2, 0.25) is 0 Å². The zero-order valence-electron chi connectivity index (χ0n) is 22.4. The maximum atomic E-state index is 13.5. The summed E-state index contributed by atoms with van der Waals surface area (Å²) < 4.78 is 0. The van der Waals surface area contributed by atoms with Crippen molar-refractivity contribution < 1.29 is 4.79 Å². The summed E-state index contributed by atoms with van der Waals surface area (Å²) in [4.78, 5) is 38.3. The third-order valence-corrected chi connectivity index (χ3v) is 7.69. The van der Waals surface area contributed by atoms with Gasteiger partial charge in [-0.25, -0.2) is 4.98 Å². The summed E-state index contributed by atoms with van der Waals surface area (Å²) in [6, 6.07) is 10.7. The monoisotopic (exact) mass is 499 g/mol. The van der Waals surface area contributed by atoms with Crippen molar-refractivity contribution in [2.75, 3.05) is 29.4 Å². The first-order valence-corrected chi connectivity index (χ1v) is 13.4. The molecule has 2 N–H and O–H groups in total. The van der Waals surface area contributed by atoms with E-state index in [2.05, 4.69) is 52.1 Å². The first-order valence-electron chi connectivity index (χ1n) is 13.4. The normalized spacial score (nSPS) is 15.3. The Balaban J connectivity index is 1.46. The summed E-state index contributed by atoms with van der Waals surface area (Å²) in [6.45, 7) is 11.3. The molecule has 2 aliphatic rings. The average molecular weight is 500 g/mol. The molecule has 0 saturated carbocycles. The van der Waals surface area contributed by atoms with Gasteiger partial charge in [0.05, 0.1) is 0 Å². The first-order chi connectivity index (χ1) is 17.8. The highest BCUT2D eigenvalue weighted by molar-refractivity contribution is 5.99. The number of nitrogens with zero attached hydrogens (tertiary/aromatic N) is 3. The molecular weight excluding hydrogens is 462 g/mol. The molecule has 37 heavy (non-hydrogen) atoms. The predicted octanol–water partition coefficient (Wildman–Crippen LogP) is 4.74. The number of rotatable bonds is 6. The Morgan fingerprint density at radius 1 is 1.05 bits per heavy atom. The fourth-order valence-electron chi connectivity index (χ4n) is 5.67. The van der Waals surface area contributed by atoms with E-state index in [9.17, 15) is 9.59 Å². The van der Waals surface area contributed by atoms with Gasteiger partial charge in [0, 0.05) is 66.5 Å². The Bertz CT molecular complexity index is 1350. The van der Waals surface area contributed by atoms with Crippen molar-refractivity contribution in [3.05, 3.63) is 74.8 Å². The van der Waals surface area contributed by atoms with Crippen LogP contribution in [0.5, 0.6) is 0 Å². The minimum Gasteiger partial charge on any atom is -0.369 e. The quantitative estimate of drug-likeness (QED) is 0.512. The second kappa shape index (κ2) is 10.4. The van der Waals surface area contributed by atoms with Crippen LogP contribution in [-0.2, 0) is 13.0 Å². The van der Waals surface area contributed by atoms with Gasteiger partial charge in [0.15, 0.2) is 0 Å². The maximum Gasteiger partial charge on any atom is 0.253 e. The highest BCUT2D eigenvalue weighted by Gasteiger charge is 2.27. The number of aryl methyl sites for hydroxylation is 2. The highest BCUT2D eigenvalue weighted by Crippen LogP contribution is 2.37. The fourth-order valence-corrected chi connectivity index (χ4v) is 5.67. The van der Waals surface area contributed by atoms with Crippen molar-refractivity contribution >= 4 is 17.4 Å². The summed E-state index contributed by atoms with van der Waals surface area (Å²) in [5, 5.41) is 3.02. The van der Waals surface area contributed by atoms with Gasteiger partial charge in [-0.05, 0) is 100 Å². The average Bonchev–Trinajstić information content (AvgIpc) is 3.32. The second-order valence-corrected chi connectivity index (χ2v) is 10.6. The Hall–Kier alpha value is -3.61. The summed E-state index contributed by atoms with van der Waals surface area (Å²) in [5.41, 5.74) is 6.98. The number of anilines is 2. The van der Waals surface area contributed by atoms with Crippen LogP contribution in [0.4, 0.5) is 11.5 Å². The number of hydrogen-bond donors (Lipinski definition) is 2. The Morgan fingerprint density at radius 2 is 1.84 bits per heavy atom. The molecule has 2 aromatic heterocycles. The van der Waals surface area contributed by atoms with E-state index < -0.39 is 0 Å². The van der Waals surface area contributed by atoms with Gasteiger partial charge in [0.1, 0.15) is 5.82 Å². The summed E-state index contributed by atoms with van der Waals surface area (Å²) in [5.74, 6) is 0.867. The molecule has 0 aliphatic carbocycles. The van der Waals surface area contributed by atoms with E-state index in [1.165, 1.54) is 19.3 Å². The van der Waals surface area contributed by atoms with Gasteiger partial charge in [-0.1, -0.05) is 0 Å². The number of benzene rings is 1. The summed E-state index contributed by atoms with van der Waals surface area (Å²) in [7, 11) is 0. The van der Waals surface area contributed by atoms with Crippen LogP contribution in [0.25, 0.3) is 11.1 Å². The van der Waals surface area contributed by atoms with Crippen molar-refractivity contribution in [3.63, 3.8) is 0 Å². The largest absolute Gasteiger partial charge is 0.369 e. The van der Waals surface area contributed by atoms with Crippen molar-refractivity contribution in [1.82, 2.24) is 15.3 Å². The third-order valence-electron chi connectivity index (χ3n) is 7.69. The molecule has 5 rings (SSSR count). The molecule has 0 atom stereocenters. The minimum absolute atomic E-state index is 0.150. The number of carbonyl (C=O) groups is 1. The second-order valence-electron chi connectivity index (χ2n) is 10.6. The lowest BCUT2D eigenvalue weighted by Gasteiger charge is -2.27. The van der Waals surface area contributed by atoms with Gasteiger partial charge in [-0.3, -0.25) is 9.59 Å². The molecule has 0 spiro atoms. The molecule has 0 radical (unpaired) electrons. The van der Waals surface area contributed by atoms with Crippen molar-refractivity contribution in [3.8, 4) is 11.1 Å². The van der Waals surface area contributed by atoms with Crippen molar-refractivity contribution in [2.24, 2.45) is 0 Å². The smallest absolute Gasteiger partial charge is 0.253 e. The lowest BCUT2D eigenvalue weighted by molar-refractivity contribution is 0.0950. The van der Waals surface area contributed by atoms with Gasteiger partial charge in [0.25, 0.3) is 11.5 Å². The molecule has 1 aromatic carbocycles. The maximum absolute atomic E-state index is 13.5. The number of carbonyl (C=O) groups excluding carboxylic acids is 1. The summed E-state index contributed by atoms with van der Waals surface area (Å²) in [6.07, 6.45) is 6.47. The molecule has 194 valence electrons. The summed E-state index contributed by atoms with van der Waals surface area (Å²) >= 11 is 0. The van der Waals surface area contributed by atoms with E-state index in [-0.39, 0.29) is 18.0 Å². The molecule has 0 unspecified atom stereocenters. The molecule has 4 heterocycles. The molecule has 1 fully saturated rings. The molecule has 7 heteroatoms. The Kier molecular flexibility index (Phi) is 7.04. The number of nitrogens with one attached hydrogen (secondary N) is 2. The number of piperidine rings is 1. The van der Waals surface area contributed by atoms with Crippen LogP contribution < -0.4 is 20.7 Å². The Morgan fingerprint density at radius 3 is 2.51 bits per heavy atom. The lowest BCUT2D eigenvalue weighted by Crippen LogP contribution is -2.30. The number of aromatic nitrogens is 2. The number of hydrogen-bond acceptors (Lipinski definition) is 5. The number of amides is 1. The van der Waals surface area contributed by atoms with E-state index in [0.717, 1.165) is 65.5 Å². The van der Waals surface area contributed by atoms with Gasteiger partial charge >= 0.3 is 0 Å². The molecule has 0 bridgehead atoms. The van der Waals surface area contributed by atoms with E-state index in [1.807, 2.05) is 32.2 Å². The van der Waals surface area contributed by atoms with Crippen LogP contribution in [0.2, 0.25) is 0 Å². The van der Waals surface area contributed by atoms with Gasteiger partial charge in [-0.2, -0.15) is 0 Å². The zero-order chi connectivity index (χ0) is 26.1. The van der Waals surface area contributed by atoms with E-state index in [0.29, 0.717) is 17.2 Å². The van der Waals surface area contributed by atoms with Crippen LogP contribution in [0.15, 0.2) is 41.3 Å². The highest BCUT2D eigenvalue weighted by atomic mass is 16.1. The van der Waals surface area contributed by atoms with Crippen LogP contribution >= 0.6 is 0 Å². The lowest BCUT2D eigenvalue weighted by atomic mass is 9.97. The van der Waals surface area contributed by atoms with E-state index in [4.69, 9.17) is 4.98 Å². The van der Waals surface area contributed by atoms with Crippen LogP contribution in [-0.4, -0.2) is 41.6 Å². The topological polar surface area (TPSA) is 81.3 Å². The van der Waals surface area contributed by atoms with E-state index >= 15 is 0 Å². The Labute approximate surface area is 218 Å². The standard InChI is InChI=1S/C30H37N5O2/c1-19(2)35-13-10-24-25(29(36)32-18-26-20(3)14-21(4)33-30(26)37)15-23(16-27(24)35)22-8-9-28(31-17-22)34-11-6-5-7-12-34/h8-9,14-17,19H,5-7,10-13,18H2,1-4H3,(H,32,36)(H,33,37). The van der Waals surface area contributed by atoms with Crippen molar-refractivity contribution in [1.29, 1.82) is 0 Å². The number of fused-ring (bicyclic) bond motifs is 1. The number of pyridine rings is 2. The number of aromatic amines is 1. The molecule has 1 saturated heterocycles. The van der Waals surface area contributed by atoms with Crippen molar-refractivity contribution in [2.45, 2.75) is 66.0 Å². The predicted molar refractivity (Wildman–Crippen MR) is 150 cm³/mol. The minimum atomic E-state index is -0.152. The third kappa shape index (κ3) is 5.13. The van der Waals surface area contributed by atoms with E-state index in [1.54, 1.807) is 0 Å². The van der Waals surface area contributed by atoms with Crippen LogP contribution in [0.3, 0.4) is 0 Å². The first kappa shape index (κ1) is 25.1.